The quantitative estimate of drug-likeness (QED) is 0.700. The van der Waals surface area contributed by atoms with Crippen LogP contribution in [0.25, 0.3) is 0 Å². The van der Waals surface area contributed by atoms with E-state index < -0.39 is 0 Å². The van der Waals surface area contributed by atoms with Crippen molar-refractivity contribution in [3.63, 3.8) is 0 Å². The molecule has 0 N–H and O–H groups in total. The summed E-state index contributed by atoms with van der Waals surface area (Å²) in [4.78, 5) is 11.3. The van der Waals surface area contributed by atoms with E-state index in [2.05, 4.69) is 0 Å². The van der Waals surface area contributed by atoms with Crippen molar-refractivity contribution in [2.75, 3.05) is 20.3 Å². The Kier molecular flexibility index (Phi) is 6.05. The first-order chi connectivity index (χ1) is 8.71. The number of rotatable bonds is 7. The number of carbonyl (C=O) groups excluding carboxylic acids is 1. The van der Waals surface area contributed by atoms with Crippen LogP contribution in [0.5, 0.6) is 11.5 Å². The first kappa shape index (κ1) is 14.4. The topological polar surface area (TPSA) is 44.8 Å². The van der Waals surface area contributed by atoms with E-state index in [1.54, 1.807) is 14.0 Å². The molecular weight excluding hydrogens is 232 g/mol. The van der Waals surface area contributed by atoms with Crippen LogP contribution in [0.3, 0.4) is 0 Å². The molecule has 0 saturated carbocycles. The lowest BCUT2D eigenvalue weighted by Crippen LogP contribution is -2.05. The van der Waals surface area contributed by atoms with Gasteiger partial charge in [-0.25, -0.2) is 0 Å². The van der Waals surface area contributed by atoms with Crippen molar-refractivity contribution in [2.24, 2.45) is 0 Å². The number of benzene rings is 1. The van der Waals surface area contributed by atoms with E-state index in [4.69, 9.17) is 14.2 Å². The highest BCUT2D eigenvalue weighted by atomic mass is 16.5. The molecule has 0 amide bonds. The van der Waals surface area contributed by atoms with Gasteiger partial charge in [0.1, 0.15) is 0 Å². The van der Waals surface area contributed by atoms with E-state index in [9.17, 15) is 4.79 Å². The predicted octanol–water partition coefficient (Wildman–Crippen LogP) is 2.59. The number of ether oxygens (including phenoxy) is 3. The number of methoxy groups -OCH3 is 1. The van der Waals surface area contributed by atoms with Crippen LogP contribution in [0.15, 0.2) is 18.2 Å². The molecule has 0 atom stereocenters. The van der Waals surface area contributed by atoms with E-state index in [0.717, 1.165) is 5.56 Å². The number of esters is 1. The predicted molar refractivity (Wildman–Crippen MR) is 69.1 cm³/mol. The van der Waals surface area contributed by atoms with Crippen LogP contribution in [-0.4, -0.2) is 26.3 Å². The summed E-state index contributed by atoms with van der Waals surface area (Å²) in [6.07, 6.45) is 1.02. The SMILES string of the molecule is CCOC(=O)CCc1ccc(OC)c(OCC)c1. The number of hydrogen-bond acceptors (Lipinski definition) is 4. The molecule has 0 fully saturated rings. The lowest BCUT2D eigenvalue weighted by molar-refractivity contribution is -0.143. The van der Waals surface area contributed by atoms with E-state index in [1.165, 1.54) is 0 Å². The molecule has 0 radical (unpaired) electrons. The highest BCUT2D eigenvalue weighted by molar-refractivity contribution is 5.69. The van der Waals surface area contributed by atoms with Crippen molar-refractivity contribution in [3.8, 4) is 11.5 Å². The largest absolute Gasteiger partial charge is 0.493 e. The molecule has 1 aromatic rings. The molecule has 0 bridgehead atoms. The molecule has 0 aliphatic carbocycles. The van der Waals surface area contributed by atoms with E-state index in [1.807, 2.05) is 25.1 Å². The van der Waals surface area contributed by atoms with Crippen LogP contribution < -0.4 is 9.47 Å². The summed E-state index contributed by atoms with van der Waals surface area (Å²) in [5.74, 6) is 1.24. The van der Waals surface area contributed by atoms with Crippen LogP contribution in [0.2, 0.25) is 0 Å². The third kappa shape index (κ3) is 4.28. The summed E-state index contributed by atoms with van der Waals surface area (Å²) in [6, 6.07) is 5.69. The minimum Gasteiger partial charge on any atom is -0.493 e. The van der Waals surface area contributed by atoms with Crippen molar-refractivity contribution in [1.29, 1.82) is 0 Å². The summed E-state index contributed by atoms with van der Waals surface area (Å²) in [5.41, 5.74) is 1.03. The van der Waals surface area contributed by atoms with Gasteiger partial charge in [0.15, 0.2) is 11.5 Å². The Bertz CT molecular complexity index is 387. The van der Waals surface area contributed by atoms with Gasteiger partial charge < -0.3 is 14.2 Å². The third-order valence-corrected chi connectivity index (χ3v) is 2.45. The maximum Gasteiger partial charge on any atom is 0.306 e. The molecule has 0 spiro atoms. The van der Waals surface area contributed by atoms with Gasteiger partial charge in [-0.15, -0.1) is 0 Å². The summed E-state index contributed by atoms with van der Waals surface area (Å²) < 4.78 is 15.6. The molecule has 0 aliphatic rings. The van der Waals surface area contributed by atoms with Crippen LogP contribution in [-0.2, 0) is 16.0 Å². The van der Waals surface area contributed by atoms with Crippen LogP contribution >= 0.6 is 0 Å². The summed E-state index contributed by atoms with van der Waals surface area (Å²) in [6.45, 7) is 4.73. The second-order valence-electron chi connectivity index (χ2n) is 3.72. The lowest BCUT2D eigenvalue weighted by Gasteiger charge is -2.11. The van der Waals surface area contributed by atoms with Crippen molar-refractivity contribution in [1.82, 2.24) is 0 Å². The highest BCUT2D eigenvalue weighted by Crippen LogP contribution is 2.28. The molecule has 4 nitrogen and oxygen atoms in total. The number of aryl methyl sites for hydroxylation is 1. The monoisotopic (exact) mass is 252 g/mol. The molecular formula is C14H20O4. The smallest absolute Gasteiger partial charge is 0.306 e. The zero-order valence-electron chi connectivity index (χ0n) is 11.2. The van der Waals surface area contributed by atoms with Crippen molar-refractivity contribution < 1.29 is 19.0 Å². The standard InChI is InChI=1S/C14H20O4/c1-4-17-13-10-11(6-8-12(13)16-3)7-9-14(15)18-5-2/h6,8,10H,4-5,7,9H2,1-3H3. The van der Waals surface area contributed by atoms with Gasteiger partial charge in [0, 0.05) is 6.42 Å². The molecule has 0 aromatic heterocycles. The Labute approximate surface area is 108 Å². The van der Waals surface area contributed by atoms with E-state index in [-0.39, 0.29) is 5.97 Å². The Morgan fingerprint density at radius 2 is 1.94 bits per heavy atom. The Morgan fingerprint density at radius 3 is 2.56 bits per heavy atom. The van der Waals surface area contributed by atoms with E-state index in [0.29, 0.717) is 37.6 Å². The van der Waals surface area contributed by atoms with Crippen molar-refractivity contribution in [2.45, 2.75) is 26.7 Å². The third-order valence-electron chi connectivity index (χ3n) is 2.45. The second kappa shape index (κ2) is 7.58. The fourth-order valence-electron chi connectivity index (χ4n) is 1.62. The fraction of sp³-hybridized carbons (Fsp3) is 0.500. The molecule has 18 heavy (non-hydrogen) atoms. The zero-order chi connectivity index (χ0) is 13.4. The van der Waals surface area contributed by atoms with Gasteiger partial charge in [-0.1, -0.05) is 6.07 Å². The first-order valence-corrected chi connectivity index (χ1v) is 6.16. The summed E-state index contributed by atoms with van der Waals surface area (Å²) >= 11 is 0. The van der Waals surface area contributed by atoms with Gasteiger partial charge >= 0.3 is 5.97 Å². The first-order valence-electron chi connectivity index (χ1n) is 6.16. The van der Waals surface area contributed by atoms with E-state index >= 15 is 0 Å². The molecule has 4 heteroatoms. The Morgan fingerprint density at radius 1 is 1.17 bits per heavy atom. The number of carbonyl (C=O) groups is 1. The minimum absolute atomic E-state index is 0.175. The van der Waals surface area contributed by atoms with Gasteiger partial charge in [0.05, 0.1) is 20.3 Å². The van der Waals surface area contributed by atoms with Crippen LogP contribution in [0.4, 0.5) is 0 Å². The lowest BCUT2D eigenvalue weighted by atomic mass is 10.1. The summed E-state index contributed by atoms with van der Waals surface area (Å²) in [5, 5.41) is 0. The minimum atomic E-state index is -0.175. The van der Waals surface area contributed by atoms with Gasteiger partial charge in [0.25, 0.3) is 0 Å². The maximum atomic E-state index is 11.3. The van der Waals surface area contributed by atoms with Crippen molar-refractivity contribution >= 4 is 5.97 Å². The Hall–Kier alpha value is -1.71. The van der Waals surface area contributed by atoms with Gasteiger partial charge in [-0.3, -0.25) is 4.79 Å². The molecule has 0 saturated heterocycles. The van der Waals surface area contributed by atoms with Crippen LogP contribution in [0.1, 0.15) is 25.8 Å². The van der Waals surface area contributed by atoms with Crippen molar-refractivity contribution in [3.05, 3.63) is 23.8 Å². The van der Waals surface area contributed by atoms with Gasteiger partial charge in [-0.2, -0.15) is 0 Å². The molecule has 0 heterocycles. The average Bonchev–Trinajstić information content (AvgIpc) is 2.37. The van der Waals surface area contributed by atoms with Gasteiger partial charge in [0.2, 0.25) is 0 Å². The van der Waals surface area contributed by atoms with Gasteiger partial charge in [-0.05, 0) is 38.0 Å². The summed E-state index contributed by atoms with van der Waals surface area (Å²) in [7, 11) is 1.61. The molecule has 1 rings (SSSR count). The molecule has 0 unspecified atom stereocenters. The maximum absolute atomic E-state index is 11.3. The molecule has 100 valence electrons. The second-order valence-corrected chi connectivity index (χ2v) is 3.72. The fourth-order valence-corrected chi connectivity index (χ4v) is 1.62. The normalized spacial score (nSPS) is 9.94. The average molecular weight is 252 g/mol. The number of hydrogen-bond donors (Lipinski definition) is 0. The molecule has 1 aromatic carbocycles. The Balaban J connectivity index is 2.66. The zero-order valence-corrected chi connectivity index (χ0v) is 11.2. The highest BCUT2D eigenvalue weighted by Gasteiger charge is 2.07. The van der Waals surface area contributed by atoms with Crippen LogP contribution in [0, 0.1) is 0 Å². The molecule has 0 aliphatic heterocycles.